The van der Waals surface area contributed by atoms with E-state index in [1.807, 2.05) is 0 Å². The van der Waals surface area contributed by atoms with E-state index >= 15 is 0 Å². The molecule has 0 saturated carbocycles. The average Bonchev–Trinajstić information content (AvgIpc) is 3.13. The van der Waals surface area contributed by atoms with Gasteiger partial charge in [0.25, 0.3) is 5.91 Å². The number of amides is 1. The first-order valence-electron chi connectivity index (χ1n) is 7.57. The minimum Gasteiger partial charge on any atom is -0.348 e. The van der Waals surface area contributed by atoms with Gasteiger partial charge in [-0.25, -0.2) is 18.1 Å². The van der Waals surface area contributed by atoms with E-state index < -0.39 is 9.84 Å². The molecule has 0 aliphatic heterocycles. The molecule has 0 spiro atoms. The van der Waals surface area contributed by atoms with Crippen LogP contribution in [-0.4, -0.2) is 35.3 Å². The van der Waals surface area contributed by atoms with Gasteiger partial charge in [-0.1, -0.05) is 17.7 Å². The van der Waals surface area contributed by atoms with Crippen LogP contribution in [0.2, 0.25) is 5.02 Å². The summed E-state index contributed by atoms with van der Waals surface area (Å²) in [6.07, 6.45) is 5.98. The van der Waals surface area contributed by atoms with Crippen molar-refractivity contribution in [3.8, 4) is 5.82 Å². The van der Waals surface area contributed by atoms with Gasteiger partial charge in [0.15, 0.2) is 15.7 Å². The zero-order valence-corrected chi connectivity index (χ0v) is 15.3. The van der Waals surface area contributed by atoms with Gasteiger partial charge in [-0.2, -0.15) is 5.10 Å². The number of pyridine rings is 1. The average molecular weight is 391 g/mol. The highest BCUT2D eigenvalue weighted by atomic mass is 35.5. The highest BCUT2D eigenvalue weighted by Gasteiger charge is 2.13. The van der Waals surface area contributed by atoms with E-state index in [-0.39, 0.29) is 22.4 Å². The summed E-state index contributed by atoms with van der Waals surface area (Å²) in [5, 5.41) is 6.97. The molecule has 1 N–H and O–H groups in total. The molecule has 3 aromatic rings. The quantitative estimate of drug-likeness (QED) is 0.721. The molecule has 3 rings (SSSR count). The largest absolute Gasteiger partial charge is 0.348 e. The summed E-state index contributed by atoms with van der Waals surface area (Å²) < 4.78 is 24.7. The van der Waals surface area contributed by atoms with E-state index in [1.54, 1.807) is 41.3 Å². The number of sulfone groups is 1. The second-order valence-corrected chi connectivity index (χ2v) is 7.96. The minimum absolute atomic E-state index is 0.0623. The molecule has 0 radical (unpaired) electrons. The van der Waals surface area contributed by atoms with Gasteiger partial charge in [-0.15, -0.1) is 0 Å². The molecule has 0 bridgehead atoms. The number of hydrogen-bond donors (Lipinski definition) is 1. The van der Waals surface area contributed by atoms with Gasteiger partial charge in [0, 0.05) is 37.0 Å². The maximum Gasteiger partial charge on any atom is 0.251 e. The molecule has 1 aromatic carbocycles. The molecule has 9 heteroatoms. The van der Waals surface area contributed by atoms with Crippen LogP contribution in [0.1, 0.15) is 15.9 Å². The lowest BCUT2D eigenvalue weighted by atomic mass is 10.2. The summed E-state index contributed by atoms with van der Waals surface area (Å²) in [5.74, 6) is 0.243. The molecule has 0 fully saturated rings. The molecular formula is C17H15ClN4O3S. The Bertz CT molecular complexity index is 1050. The van der Waals surface area contributed by atoms with E-state index in [2.05, 4.69) is 15.4 Å². The molecule has 0 unspecified atom stereocenters. The van der Waals surface area contributed by atoms with E-state index in [1.165, 1.54) is 18.3 Å². The summed E-state index contributed by atoms with van der Waals surface area (Å²) in [4.78, 5) is 16.6. The number of carbonyl (C=O) groups excluding carboxylic acids is 1. The van der Waals surface area contributed by atoms with Crippen LogP contribution in [0.3, 0.4) is 0 Å². The maximum atomic E-state index is 12.4. The van der Waals surface area contributed by atoms with Gasteiger partial charge in [-0.05, 0) is 35.9 Å². The summed E-state index contributed by atoms with van der Waals surface area (Å²) >= 11 is 6.01. The van der Waals surface area contributed by atoms with Gasteiger partial charge in [0.05, 0.1) is 9.92 Å². The molecular weight excluding hydrogens is 376 g/mol. The number of rotatable bonds is 5. The Morgan fingerprint density at radius 2 is 2.04 bits per heavy atom. The van der Waals surface area contributed by atoms with Gasteiger partial charge >= 0.3 is 0 Å². The van der Waals surface area contributed by atoms with E-state index in [4.69, 9.17) is 11.6 Å². The second-order valence-electron chi connectivity index (χ2n) is 5.57. The number of hydrogen-bond acceptors (Lipinski definition) is 5. The Morgan fingerprint density at radius 1 is 1.23 bits per heavy atom. The first-order valence-corrected chi connectivity index (χ1v) is 9.84. The molecule has 2 aromatic heterocycles. The summed E-state index contributed by atoms with van der Waals surface area (Å²) in [7, 11) is -3.39. The summed E-state index contributed by atoms with van der Waals surface area (Å²) in [6.45, 7) is 0.210. The van der Waals surface area contributed by atoms with Crippen LogP contribution in [0.4, 0.5) is 0 Å². The van der Waals surface area contributed by atoms with Crippen molar-refractivity contribution in [3.05, 3.63) is 71.1 Å². The highest BCUT2D eigenvalue weighted by Crippen LogP contribution is 2.22. The van der Waals surface area contributed by atoms with Gasteiger partial charge in [-0.3, -0.25) is 4.79 Å². The zero-order valence-electron chi connectivity index (χ0n) is 13.8. The van der Waals surface area contributed by atoms with Crippen LogP contribution in [0.25, 0.3) is 5.82 Å². The topological polar surface area (TPSA) is 94.0 Å². The van der Waals surface area contributed by atoms with Crippen molar-refractivity contribution < 1.29 is 13.2 Å². The van der Waals surface area contributed by atoms with Crippen molar-refractivity contribution in [1.29, 1.82) is 0 Å². The second kappa shape index (κ2) is 7.27. The number of halogens is 1. The summed E-state index contributed by atoms with van der Waals surface area (Å²) in [5.41, 5.74) is 1.13. The van der Waals surface area contributed by atoms with Crippen LogP contribution in [0.15, 0.2) is 59.9 Å². The predicted octanol–water partition coefficient (Wildman–Crippen LogP) is 2.25. The van der Waals surface area contributed by atoms with Crippen molar-refractivity contribution in [2.75, 3.05) is 6.26 Å². The van der Waals surface area contributed by atoms with Crippen molar-refractivity contribution >= 4 is 27.3 Å². The number of carbonyl (C=O) groups is 1. The Balaban J connectivity index is 1.72. The smallest absolute Gasteiger partial charge is 0.251 e. The van der Waals surface area contributed by atoms with Crippen LogP contribution < -0.4 is 5.32 Å². The van der Waals surface area contributed by atoms with E-state index in [0.717, 1.165) is 6.26 Å². The van der Waals surface area contributed by atoms with Crippen molar-refractivity contribution in [2.45, 2.75) is 11.4 Å². The number of aromatic nitrogens is 3. The molecule has 0 aliphatic carbocycles. The van der Waals surface area contributed by atoms with Crippen LogP contribution in [0.5, 0.6) is 0 Å². The number of nitrogens with one attached hydrogen (secondary N) is 1. The highest BCUT2D eigenvalue weighted by molar-refractivity contribution is 7.90. The normalized spacial score (nSPS) is 11.3. The van der Waals surface area contributed by atoms with Crippen LogP contribution >= 0.6 is 11.6 Å². The monoisotopic (exact) mass is 390 g/mol. The first-order chi connectivity index (χ1) is 12.3. The Morgan fingerprint density at radius 3 is 2.69 bits per heavy atom. The lowest BCUT2D eigenvalue weighted by molar-refractivity contribution is 0.0950. The van der Waals surface area contributed by atoms with Crippen molar-refractivity contribution in [1.82, 2.24) is 20.1 Å². The Kier molecular flexibility index (Phi) is 5.06. The maximum absolute atomic E-state index is 12.4. The fourth-order valence-corrected chi connectivity index (χ4v) is 3.68. The fourth-order valence-electron chi connectivity index (χ4n) is 2.33. The Hall–Kier alpha value is -2.71. The number of benzene rings is 1. The molecule has 1 amide bonds. The van der Waals surface area contributed by atoms with Gasteiger partial charge < -0.3 is 5.32 Å². The lowest BCUT2D eigenvalue weighted by Gasteiger charge is -2.08. The third-order valence-corrected chi connectivity index (χ3v) is 5.18. The lowest BCUT2D eigenvalue weighted by Crippen LogP contribution is -2.23. The fraction of sp³-hybridized carbons (Fsp3) is 0.118. The van der Waals surface area contributed by atoms with Gasteiger partial charge in [0.1, 0.15) is 0 Å². The van der Waals surface area contributed by atoms with Crippen molar-refractivity contribution in [3.63, 3.8) is 0 Å². The zero-order chi connectivity index (χ0) is 18.7. The van der Waals surface area contributed by atoms with Crippen molar-refractivity contribution in [2.24, 2.45) is 0 Å². The predicted molar refractivity (Wildman–Crippen MR) is 97.1 cm³/mol. The molecule has 0 saturated heterocycles. The van der Waals surface area contributed by atoms with Crippen LogP contribution in [-0.2, 0) is 16.4 Å². The van der Waals surface area contributed by atoms with E-state index in [9.17, 15) is 13.2 Å². The van der Waals surface area contributed by atoms with Crippen LogP contribution in [0, 0.1) is 0 Å². The Labute approximate surface area is 155 Å². The third kappa shape index (κ3) is 4.09. The van der Waals surface area contributed by atoms with E-state index in [0.29, 0.717) is 16.9 Å². The molecule has 134 valence electrons. The molecule has 7 nitrogen and oxygen atoms in total. The molecule has 0 aliphatic rings. The SMILES string of the molecule is CS(=O)(=O)c1ccc(CNC(=O)c2ccnc(-n3cccn3)c2)cc1Cl. The third-order valence-electron chi connectivity index (χ3n) is 3.60. The molecule has 0 atom stereocenters. The standard InChI is InChI=1S/C17H15ClN4O3S/c1-26(24,25)15-4-3-12(9-14(15)18)11-20-17(23)13-5-7-19-16(10-13)22-8-2-6-21-22/h2-10H,11H2,1H3,(H,20,23). The van der Waals surface area contributed by atoms with Gasteiger partial charge in [0.2, 0.25) is 0 Å². The first kappa shape index (κ1) is 18.1. The molecule has 26 heavy (non-hydrogen) atoms. The summed E-state index contributed by atoms with van der Waals surface area (Å²) in [6, 6.07) is 9.56. The number of nitrogens with zero attached hydrogens (tertiary/aromatic N) is 3. The minimum atomic E-state index is -3.39. The molecule has 2 heterocycles.